The van der Waals surface area contributed by atoms with Gasteiger partial charge in [-0.3, -0.25) is 14.7 Å². The minimum Gasteiger partial charge on any atom is -0.493 e. The van der Waals surface area contributed by atoms with Gasteiger partial charge in [0.1, 0.15) is 5.75 Å². The Hall–Kier alpha value is -2.44. The Labute approximate surface area is 177 Å². The van der Waals surface area contributed by atoms with Crippen LogP contribution in [0.5, 0.6) is 5.75 Å². The first kappa shape index (κ1) is 19.5. The van der Waals surface area contributed by atoms with Crippen LogP contribution in [0.1, 0.15) is 29.7 Å². The molecule has 0 atom stereocenters. The van der Waals surface area contributed by atoms with Crippen LogP contribution >= 0.6 is 0 Å². The van der Waals surface area contributed by atoms with Crippen molar-refractivity contribution in [2.24, 2.45) is 0 Å². The van der Waals surface area contributed by atoms with Crippen LogP contribution < -0.4 is 4.74 Å². The predicted octanol–water partition coefficient (Wildman–Crippen LogP) is 2.45. The lowest BCUT2D eigenvalue weighted by atomic mass is 9.89. The highest BCUT2D eigenvalue weighted by Crippen LogP contribution is 2.32. The molecule has 3 aliphatic heterocycles. The molecule has 1 amide bonds. The summed E-state index contributed by atoms with van der Waals surface area (Å²) in [6.07, 6.45) is 4.93. The quantitative estimate of drug-likeness (QED) is 0.779. The summed E-state index contributed by atoms with van der Waals surface area (Å²) in [6, 6.07) is 12.3. The molecule has 1 spiro atoms. The number of piperidine rings is 1. The molecule has 6 nitrogen and oxygen atoms in total. The van der Waals surface area contributed by atoms with E-state index in [1.807, 2.05) is 23.1 Å². The molecule has 2 aromatic rings. The van der Waals surface area contributed by atoms with Crippen molar-refractivity contribution in [2.75, 3.05) is 39.4 Å². The monoisotopic (exact) mass is 407 g/mol. The molecule has 6 heteroatoms. The van der Waals surface area contributed by atoms with Gasteiger partial charge in [0.2, 0.25) is 5.91 Å². The molecule has 2 saturated heterocycles. The van der Waals surface area contributed by atoms with Gasteiger partial charge < -0.3 is 14.4 Å². The van der Waals surface area contributed by atoms with Gasteiger partial charge in [-0.05, 0) is 42.2 Å². The number of morpholine rings is 1. The molecule has 0 saturated carbocycles. The number of nitrogens with zero attached hydrogens (tertiary/aromatic N) is 3. The van der Waals surface area contributed by atoms with Crippen molar-refractivity contribution < 1.29 is 14.3 Å². The SMILES string of the molecule is O=C(Cc1ccccn1)N1CCC2(CC1)CN(Cc1ccc3c(c1)CCO3)CCO2. The van der Waals surface area contributed by atoms with Gasteiger partial charge in [-0.15, -0.1) is 0 Å². The van der Waals surface area contributed by atoms with Crippen molar-refractivity contribution in [1.29, 1.82) is 0 Å². The molecule has 4 heterocycles. The molecule has 3 aliphatic rings. The van der Waals surface area contributed by atoms with Gasteiger partial charge in [-0.2, -0.15) is 0 Å². The highest BCUT2D eigenvalue weighted by atomic mass is 16.5. The normalized spacial score (nSPS) is 20.7. The van der Waals surface area contributed by atoms with Crippen molar-refractivity contribution in [2.45, 2.75) is 37.8 Å². The average molecular weight is 408 g/mol. The summed E-state index contributed by atoms with van der Waals surface area (Å²) in [5, 5.41) is 0. The number of fused-ring (bicyclic) bond motifs is 1. The summed E-state index contributed by atoms with van der Waals surface area (Å²) in [6.45, 7) is 5.91. The number of hydrogen-bond donors (Lipinski definition) is 0. The van der Waals surface area contributed by atoms with E-state index in [1.54, 1.807) is 6.20 Å². The van der Waals surface area contributed by atoms with E-state index in [0.717, 1.165) is 76.6 Å². The van der Waals surface area contributed by atoms with Gasteiger partial charge >= 0.3 is 0 Å². The van der Waals surface area contributed by atoms with Crippen molar-refractivity contribution in [1.82, 2.24) is 14.8 Å². The molecule has 0 N–H and O–H groups in total. The number of carbonyl (C=O) groups is 1. The Balaban J connectivity index is 1.16. The molecule has 0 bridgehead atoms. The number of likely N-dealkylation sites (tertiary alicyclic amines) is 1. The number of rotatable bonds is 4. The Kier molecular flexibility index (Phi) is 5.44. The third-order valence-corrected chi connectivity index (χ3v) is 6.57. The fourth-order valence-corrected chi connectivity index (χ4v) is 4.89. The highest BCUT2D eigenvalue weighted by molar-refractivity contribution is 5.78. The number of ether oxygens (including phenoxy) is 2. The Morgan fingerprint density at radius 2 is 2.00 bits per heavy atom. The van der Waals surface area contributed by atoms with E-state index in [0.29, 0.717) is 6.42 Å². The smallest absolute Gasteiger partial charge is 0.228 e. The molecular formula is C24H29N3O3. The van der Waals surface area contributed by atoms with Crippen LogP contribution in [0.2, 0.25) is 0 Å². The van der Waals surface area contributed by atoms with Crippen LogP contribution in [0, 0.1) is 0 Å². The Morgan fingerprint density at radius 3 is 2.83 bits per heavy atom. The molecular weight excluding hydrogens is 378 g/mol. The average Bonchev–Trinajstić information content (AvgIpc) is 3.23. The first-order chi connectivity index (χ1) is 14.7. The maximum Gasteiger partial charge on any atom is 0.228 e. The van der Waals surface area contributed by atoms with E-state index in [-0.39, 0.29) is 11.5 Å². The van der Waals surface area contributed by atoms with Crippen molar-refractivity contribution in [3.05, 3.63) is 59.4 Å². The minimum absolute atomic E-state index is 0.125. The number of pyridine rings is 1. The predicted molar refractivity (Wildman–Crippen MR) is 113 cm³/mol. The van der Waals surface area contributed by atoms with Gasteiger partial charge in [0.05, 0.1) is 25.2 Å². The van der Waals surface area contributed by atoms with Crippen molar-refractivity contribution in [3.8, 4) is 5.75 Å². The van der Waals surface area contributed by atoms with Crippen LogP contribution in [0.25, 0.3) is 0 Å². The van der Waals surface area contributed by atoms with Gasteiger partial charge in [0.15, 0.2) is 0 Å². The van der Waals surface area contributed by atoms with Crippen LogP contribution in [0.4, 0.5) is 0 Å². The van der Waals surface area contributed by atoms with Gasteiger partial charge in [-0.1, -0.05) is 18.2 Å². The molecule has 30 heavy (non-hydrogen) atoms. The third-order valence-electron chi connectivity index (χ3n) is 6.57. The maximum absolute atomic E-state index is 12.7. The topological polar surface area (TPSA) is 54.9 Å². The lowest BCUT2D eigenvalue weighted by Gasteiger charge is -2.47. The van der Waals surface area contributed by atoms with Gasteiger partial charge in [0, 0.05) is 51.0 Å². The van der Waals surface area contributed by atoms with E-state index < -0.39 is 0 Å². The standard InChI is InChI=1S/C24H29N3O3/c28-23(16-21-3-1-2-9-25-21)27-10-7-24(8-11-27)18-26(12-14-30-24)17-19-4-5-22-20(15-19)6-13-29-22/h1-5,9,15H,6-8,10-14,16-18H2. The van der Waals surface area contributed by atoms with Crippen LogP contribution in [-0.4, -0.2) is 65.7 Å². The zero-order valence-electron chi connectivity index (χ0n) is 17.4. The van der Waals surface area contributed by atoms with Crippen molar-refractivity contribution in [3.63, 3.8) is 0 Å². The Bertz CT molecular complexity index is 894. The minimum atomic E-state index is -0.125. The number of carbonyl (C=O) groups excluding carboxylic acids is 1. The molecule has 0 aliphatic carbocycles. The zero-order chi connectivity index (χ0) is 20.4. The number of hydrogen-bond acceptors (Lipinski definition) is 5. The van der Waals surface area contributed by atoms with E-state index in [4.69, 9.17) is 9.47 Å². The largest absolute Gasteiger partial charge is 0.493 e. The van der Waals surface area contributed by atoms with Crippen LogP contribution in [0.3, 0.4) is 0 Å². The summed E-state index contributed by atoms with van der Waals surface area (Å²) < 4.78 is 11.9. The van der Waals surface area contributed by atoms with E-state index >= 15 is 0 Å². The zero-order valence-corrected chi connectivity index (χ0v) is 17.4. The Morgan fingerprint density at radius 1 is 1.10 bits per heavy atom. The molecule has 1 aromatic heterocycles. The van der Waals surface area contributed by atoms with E-state index in [9.17, 15) is 4.79 Å². The highest BCUT2D eigenvalue weighted by Gasteiger charge is 2.40. The second kappa shape index (κ2) is 8.36. The molecule has 1 aromatic carbocycles. The van der Waals surface area contributed by atoms with Crippen LogP contribution in [-0.2, 0) is 28.9 Å². The van der Waals surface area contributed by atoms with Gasteiger partial charge in [-0.25, -0.2) is 0 Å². The summed E-state index contributed by atoms with van der Waals surface area (Å²) in [5.41, 5.74) is 3.39. The fourth-order valence-electron chi connectivity index (χ4n) is 4.89. The fraction of sp³-hybridized carbons (Fsp3) is 0.500. The summed E-state index contributed by atoms with van der Waals surface area (Å²) in [7, 11) is 0. The first-order valence-electron chi connectivity index (χ1n) is 11.0. The van der Waals surface area contributed by atoms with Crippen molar-refractivity contribution >= 4 is 5.91 Å². The lowest BCUT2D eigenvalue weighted by molar-refractivity contribution is -0.150. The van der Waals surface area contributed by atoms with E-state index in [1.165, 1.54) is 11.1 Å². The second-order valence-corrected chi connectivity index (χ2v) is 8.66. The molecule has 5 rings (SSSR count). The van der Waals surface area contributed by atoms with Gasteiger partial charge in [0.25, 0.3) is 0 Å². The first-order valence-corrected chi connectivity index (χ1v) is 11.0. The number of aromatic nitrogens is 1. The summed E-state index contributed by atoms with van der Waals surface area (Å²) in [5.74, 6) is 1.21. The van der Waals surface area contributed by atoms with E-state index in [2.05, 4.69) is 28.1 Å². The van der Waals surface area contributed by atoms with Crippen LogP contribution in [0.15, 0.2) is 42.6 Å². The molecule has 2 fully saturated rings. The molecule has 0 radical (unpaired) electrons. The third kappa shape index (κ3) is 4.20. The lowest BCUT2D eigenvalue weighted by Crippen LogP contribution is -2.57. The number of benzene rings is 1. The number of amides is 1. The molecule has 0 unspecified atom stereocenters. The summed E-state index contributed by atoms with van der Waals surface area (Å²) in [4.78, 5) is 21.4. The second-order valence-electron chi connectivity index (χ2n) is 8.66. The summed E-state index contributed by atoms with van der Waals surface area (Å²) >= 11 is 0. The maximum atomic E-state index is 12.7. The molecule has 158 valence electrons.